The molecule has 1 fully saturated rings. The first-order valence-electron chi connectivity index (χ1n) is 7.07. The van der Waals surface area contributed by atoms with Gasteiger partial charge in [0.1, 0.15) is 5.54 Å². The van der Waals surface area contributed by atoms with Crippen LogP contribution in [0.5, 0.6) is 0 Å². The first-order valence-corrected chi connectivity index (χ1v) is 7.07. The molecule has 1 aromatic rings. The van der Waals surface area contributed by atoms with Crippen LogP contribution in [0.4, 0.5) is 5.69 Å². The SMILES string of the molecule is NC(=O)C1(N2C(=O)CCc3ccccc32)CCNCC1. The summed E-state index contributed by atoms with van der Waals surface area (Å²) in [6.07, 6.45) is 2.32. The Labute approximate surface area is 118 Å². The molecule has 0 spiro atoms. The van der Waals surface area contributed by atoms with Crippen LogP contribution in [0.1, 0.15) is 24.8 Å². The van der Waals surface area contributed by atoms with Gasteiger partial charge >= 0.3 is 0 Å². The average molecular weight is 273 g/mol. The van der Waals surface area contributed by atoms with Crippen molar-refractivity contribution in [1.29, 1.82) is 0 Å². The van der Waals surface area contributed by atoms with E-state index in [-0.39, 0.29) is 5.91 Å². The Hall–Kier alpha value is -1.88. The zero-order valence-corrected chi connectivity index (χ0v) is 11.4. The fourth-order valence-electron chi connectivity index (χ4n) is 3.32. The number of rotatable bonds is 2. The molecule has 0 aromatic heterocycles. The number of primary amides is 1. The van der Waals surface area contributed by atoms with Crippen molar-refractivity contribution in [3.8, 4) is 0 Å². The molecule has 0 atom stereocenters. The van der Waals surface area contributed by atoms with Crippen LogP contribution in [-0.4, -0.2) is 30.4 Å². The topological polar surface area (TPSA) is 75.4 Å². The van der Waals surface area contributed by atoms with Crippen molar-refractivity contribution in [3.63, 3.8) is 0 Å². The molecule has 0 radical (unpaired) electrons. The summed E-state index contributed by atoms with van der Waals surface area (Å²) in [6.45, 7) is 1.41. The van der Waals surface area contributed by atoms with E-state index in [9.17, 15) is 9.59 Å². The monoisotopic (exact) mass is 273 g/mol. The van der Waals surface area contributed by atoms with E-state index >= 15 is 0 Å². The Bertz CT molecular complexity index is 550. The summed E-state index contributed by atoms with van der Waals surface area (Å²) in [5.74, 6) is -0.395. The van der Waals surface area contributed by atoms with Crippen molar-refractivity contribution in [2.24, 2.45) is 5.73 Å². The Morgan fingerprint density at radius 3 is 2.60 bits per heavy atom. The number of benzene rings is 1. The molecule has 3 N–H and O–H groups in total. The Morgan fingerprint density at radius 2 is 1.90 bits per heavy atom. The number of amides is 2. The van der Waals surface area contributed by atoms with E-state index in [4.69, 9.17) is 5.73 Å². The third-order valence-corrected chi connectivity index (χ3v) is 4.41. The van der Waals surface area contributed by atoms with E-state index in [1.54, 1.807) is 4.90 Å². The summed E-state index contributed by atoms with van der Waals surface area (Å²) < 4.78 is 0. The normalized spacial score (nSPS) is 21.4. The van der Waals surface area contributed by atoms with E-state index < -0.39 is 11.4 Å². The third kappa shape index (κ3) is 1.89. The number of nitrogens with two attached hydrogens (primary N) is 1. The van der Waals surface area contributed by atoms with Crippen LogP contribution in [0.3, 0.4) is 0 Å². The minimum atomic E-state index is -0.876. The van der Waals surface area contributed by atoms with Crippen molar-refractivity contribution in [2.45, 2.75) is 31.2 Å². The largest absolute Gasteiger partial charge is 0.368 e. The maximum Gasteiger partial charge on any atom is 0.243 e. The number of fused-ring (bicyclic) bond motifs is 1. The van der Waals surface area contributed by atoms with E-state index in [0.717, 1.165) is 17.7 Å². The highest BCUT2D eigenvalue weighted by Crippen LogP contribution is 2.37. The van der Waals surface area contributed by atoms with Crippen molar-refractivity contribution < 1.29 is 9.59 Å². The van der Waals surface area contributed by atoms with E-state index in [1.807, 2.05) is 24.3 Å². The number of hydrogen-bond donors (Lipinski definition) is 2. The number of nitrogens with zero attached hydrogens (tertiary/aromatic N) is 1. The van der Waals surface area contributed by atoms with E-state index in [1.165, 1.54) is 0 Å². The van der Waals surface area contributed by atoms with Crippen LogP contribution in [0.25, 0.3) is 0 Å². The lowest BCUT2D eigenvalue weighted by Gasteiger charge is -2.46. The average Bonchev–Trinajstić information content (AvgIpc) is 2.47. The van der Waals surface area contributed by atoms with Gasteiger partial charge in [-0.1, -0.05) is 18.2 Å². The molecule has 2 aliphatic rings. The second-order valence-electron chi connectivity index (χ2n) is 5.50. The minimum Gasteiger partial charge on any atom is -0.368 e. The maximum atomic E-state index is 12.5. The molecular formula is C15H19N3O2. The standard InChI is InChI=1S/C15H19N3O2/c16-14(20)15(7-9-17-10-8-15)18-12-4-2-1-3-11(12)5-6-13(18)19/h1-4,17H,5-10H2,(H2,16,20). The highest BCUT2D eigenvalue weighted by molar-refractivity contribution is 6.05. The number of aryl methyl sites for hydroxylation is 1. The van der Waals surface area contributed by atoms with E-state index in [2.05, 4.69) is 5.32 Å². The maximum absolute atomic E-state index is 12.5. The summed E-state index contributed by atoms with van der Waals surface area (Å²) in [5, 5.41) is 3.23. The van der Waals surface area contributed by atoms with Crippen LogP contribution in [0.15, 0.2) is 24.3 Å². The molecule has 0 saturated carbocycles. The Kier molecular flexibility index (Phi) is 3.22. The Morgan fingerprint density at radius 1 is 1.20 bits per heavy atom. The van der Waals surface area contributed by atoms with Crippen molar-refractivity contribution in [2.75, 3.05) is 18.0 Å². The molecule has 1 aromatic carbocycles. The predicted molar refractivity (Wildman–Crippen MR) is 76.3 cm³/mol. The van der Waals surface area contributed by atoms with Gasteiger partial charge in [0.25, 0.3) is 0 Å². The predicted octanol–water partition coefficient (Wildman–Crippen LogP) is 0.573. The summed E-state index contributed by atoms with van der Waals surface area (Å²) in [7, 11) is 0. The van der Waals surface area contributed by atoms with Crippen molar-refractivity contribution in [1.82, 2.24) is 5.32 Å². The van der Waals surface area contributed by atoms with Gasteiger partial charge < -0.3 is 11.1 Å². The van der Waals surface area contributed by atoms with Gasteiger partial charge in [-0.3, -0.25) is 14.5 Å². The van der Waals surface area contributed by atoms with Crippen LogP contribution in [0, 0.1) is 0 Å². The van der Waals surface area contributed by atoms with Crippen LogP contribution >= 0.6 is 0 Å². The second-order valence-corrected chi connectivity index (χ2v) is 5.50. The van der Waals surface area contributed by atoms with Gasteiger partial charge in [0, 0.05) is 12.1 Å². The number of para-hydroxylation sites is 1. The van der Waals surface area contributed by atoms with E-state index in [0.29, 0.717) is 32.4 Å². The molecular weight excluding hydrogens is 254 g/mol. The molecule has 2 heterocycles. The molecule has 2 aliphatic heterocycles. The van der Waals surface area contributed by atoms with Crippen LogP contribution in [-0.2, 0) is 16.0 Å². The molecule has 106 valence electrons. The quantitative estimate of drug-likeness (QED) is 0.827. The highest BCUT2D eigenvalue weighted by Gasteiger charge is 2.47. The number of nitrogens with one attached hydrogen (secondary N) is 1. The smallest absolute Gasteiger partial charge is 0.243 e. The summed E-state index contributed by atoms with van der Waals surface area (Å²) >= 11 is 0. The van der Waals surface area contributed by atoms with Crippen LogP contribution in [0.2, 0.25) is 0 Å². The van der Waals surface area contributed by atoms with Crippen molar-refractivity contribution in [3.05, 3.63) is 29.8 Å². The number of hydrogen-bond acceptors (Lipinski definition) is 3. The van der Waals surface area contributed by atoms with Gasteiger partial charge in [-0.05, 0) is 44.0 Å². The molecule has 0 aliphatic carbocycles. The van der Waals surface area contributed by atoms with Gasteiger partial charge in [-0.15, -0.1) is 0 Å². The fraction of sp³-hybridized carbons (Fsp3) is 0.467. The zero-order chi connectivity index (χ0) is 14.2. The molecule has 0 unspecified atom stereocenters. The van der Waals surface area contributed by atoms with Crippen LogP contribution < -0.4 is 16.0 Å². The summed E-state index contributed by atoms with van der Waals surface area (Å²) in [6, 6.07) is 7.80. The molecule has 0 bridgehead atoms. The minimum absolute atomic E-state index is 0.00407. The lowest BCUT2D eigenvalue weighted by Crippen LogP contribution is -2.64. The number of carbonyl (C=O) groups excluding carboxylic acids is 2. The first kappa shape index (κ1) is 13.1. The highest BCUT2D eigenvalue weighted by atomic mass is 16.2. The molecule has 2 amide bonds. The summed E-state index contributed by atoms with van der Waals surface area (Å²) in [5.41, 5.74) is 6.78. The fourth-order valence-corrected chi connectivity index (χ4v) is 3.32. The summed E-state index contributed by atoms with van der Waals surface area (Å²) in [4.78, 5) is 26.3. The molecule has 3 rings (SSSR count). The lowest BCUT2D eigenvalue weighted by atomic mass is 9.83. The molecule has 5 nitrogen and oxygen atoms in total. The van der Waals surface area contributed by atoms with Gasteiger partial charge in [-0.25, -0.2) is 0 Å². The second kappa shape index (κ2) is 4.90. The molecule has 5 heteroatoms. The number of piperidine rings is 1. The lowest BCUT2D eigenvalue weighted by molar-refractivity contribution is -0.129. The third-order valence-electron chi connectivity index (χ3n) is 4.41. The van der Waals surface area contributed by atoms with Crippen molar-refractivity contribution >= 4 is 17.5 Å². The number of anilines is 1. The molecule has 20 heavy (non-hydrogen) atoms. The zero-order valence-electron chi connectivity index (χ0n) is 11.4. The number of carbonyl (C=O) groups is 2. The van der Waals surface area contributed by atoms with Gasteiger partial charge in [0.15, 0.2) is 0 Å². The van der Waals surface area contributed by atoms with Gasteiger partial charge in [0.2, 0.25) is 11.8 Å². The first-order chi connectivity index (χ1) is 9.65. The van der Waals surface area contributed by atoms with Gasteiger partial charge in [-0.2, -0.15) is 0 Å². The molecule has 1 saturated heterocycles. The Balaban J connectivity index is 2.10. The van der Waals surface area contributed by atoms with Gasteiger partial charge in [0.05, 0.1) is 0 Å².